The molecule has 0 aromatic heterocycles. The lowest BCUT2D eigenvalue weighted by Crippen LogP contribution is -2.05. The molecule has 0 aliphatic rings. The smallest absolute Gasteiger partial charge is 0.450 e. The van der Waals surface area contributed by atoms with Gasteiger partial charge in [0.25, 0.3) is 0 Å². The van der Waals surface area contributed by atoms with Crippen LogP contribution in [0, 0.1) is 0 Å². The lowest BCUT2D eigenvalue weighted by atomic mass is 10.7. The van der Waals surface area contributed by atoms with E-state index in [1.165, 1.54) is 6.08 Å². The minimum Gasteiger partial charge on any atom is -0.450 e. The Morgan fingerprint density at radius 2 is 2.50 bits per heavy atom. The van der Waals surface area contributed by atoms with E-state index in [4.69, 9.17) is 5.11 Å². The van der Waals surface area contributed by atoms with Gasteiger partial charge in [-0.3, -0.25) is 0 Å². The van der Waals surface area contributed by atoms with Gasteiger partial charge in [-0.25, -0.2) is 4.79 Å². The van der Waals surface area contributed by atoms with Gasteiger partial charge in [-0.05, 0) is 22.0 Å². The van der Waals surface area contributed by atoms with Crippen molar-refractivity contribution in [3.8, 4) is 0 Å². The Balaban J connectivity index is 3.38. The molecule has 4 heteroatoms. The van der Waals surface area contributed by atoms with E-state index in [1.54, 1.807) is 0 Å². The molecule has 0 fully saturated rings. The van der Waals surface area contributed by atoms with Crippen molar-refractivity contribution in [2.75, 3.05) is 0 Å². The second-order valence-electron chi connectivity index (χ2n) is 0.971. The second-order valence-corrected chi connectivity index (χ2v) is 1.87. The zero-order valence-electron chi connectivity index (χ0n) is 4.00. The average molecular weight is 181 g/mol. The van der Waals surface area contributed by atoms with E-state index in [1.807, 2.05) is 0 Å². The van der Waals surface area contributed by atoms with Crippen LogP contribution in [0.15, 0.2) is 12.7 Å². The Morgan fingerprint density at radius 3 is 2.62 bits per heavy atom. The molecule has 0 aromatic rings. The first-order valence-corrected chi connectivity index (χ1v) is 2.74. The van der Waals surface area contributed by atoms with Gasteiger partial charge >= 0.3 is 6.16 Å². The molecule has 1 N–H and O–H groups in total. The summed E-state index contributed by atoms with van der Waals surface area (Å²) >= 11 is 2.86. The number of halogens is 1. The fraction of sp³-hybridized carbons (Fsp3) is 0.250. The molecule has 1 atom stereocenters. The van der Waals surface area contributed by atoms with Gasteiger partial charge in [0, 0.05) is 0 Å². The zero-order chi connectivity index (χ0) is 6.57. The minimum atomic E-state index is -1.31. The van der Waals surface area contributed by atoms with Gasteiger partial charge in [-0.15, -0.1) is 0 Å². The van der Waals surface area contributed by atoms with Crippen LogP contribution in [0.2, 0.25) is 0 Å². The van der Waals surface area contributed by atoms with Crippen molar-refractivity contribution in [3.63, 3.8) is 0 Å². The molecule has 3 nitrogen and oxygen atoms in total. The largest absolute Gasteiger partial charge is 0.507 e. The summed E-state index contributed by atoms with van der Waals surface area (Å²) in [5, 5.41) is 7.32. The SMILES string of the molecule is C=CC(Br)OC(=O)O. The topological polar surface area (TPSA) is 46.5 Å². The molecular weight excluding hydrogens is 176 g/mol. The molecule has 0 saturated carbocycles. The average Bonchev–Trinajstić information content (AvgIpc) is 1.65. The van der Waals surface area contributed by atoms with E-state index in [-0.39, 0.29) is 0 Å². The van der Waals surface area contributed by atoms with Crippen molar-refractivity contribution >= 4 is 22.1 Å². The maximum atomic E-state index is 9.67. The van der Waals surface area contributed by atoms with Crippen molar-refractivity contribution in [2.45, 2.75) is 5.01 Å². The normalized spacial score (nSPS) is 12.1. The molecule has 0 amide bonds. The predicted octanol–water partition coefficient (Wildman–Crippen LogP) is 1.59. The van der Waals surface area contributed by atoms with Crippen LogP contribution in [0.25, 0.3) is 0 Å². The second kappa shape index (κ2) is 3.49. The number of rotatable bonds is 2. The lowest BCUT2D eigenvalue weighted by molar-refractivity contribution is 0.0952. The first kappa shape index (κ1) is 7.49. The van der Waals surface area contributed by atoms with Crippen LogP contribution in [0.3, 0.4) is 0 Å². The van der Waals surface area contributed by atoms with Gasteiger partial charge in [0.15, 0.2) is 5.01 Å². The van der Waals surface area contributed by atoms with E-state index in [2.05, 4.69) is 27.2 Å². The summed E-state index contributed by atoms with van der Waals surface area (Å²) < 4.78 is 4.11. The number of hydrogen-bond donors (Lipinski definition) is 1. The number of carbonyl (C=O) groups is 1. The molecule has 0 aliphatic heterocycles. The summed E-state index contributed by atoms with van der Waals surface area (Å²) in [6, 6.07) is 0. The van der Waals surface area contributed by atoms with Gasteiger partial charge in [0.1, 0.15) is 0 Å². The molecule has 0 aliphatic carbocycles. The fourth-order valence-corrected chi connectivity index (χ4v) is 0.304. The third kappa shape index (κ3) is 3.67. The molecule has 1 unspecified atom stereocenters. The zero-order valence-corrected chi connectivity index (χ0v) is 5.59. The van der Waals surface area contributed by atoms with Crippen molar-refractivity contribution in [1.29, 1.82) is 0 Å². The molecule has 0 aromatic carbocycles. The molecule has 0 saturated heterocycles. The molecule has 8 heavy (non-hydrogen) atoms. The Kier molecular flexibility index (Phi) is 3.26. The maximum Gasteiger partial charge on any atom is 0.507 e. The number of ether oxygens (including phenoxy) is 1. The van der Waals surface area contributed by atoms with Gasteiger partial charge < -0.3 is 9.84 Å². The molecular formula is C4H5BrO3. The fourth-order valence-electron chi connectivity index (χ4n) is 0.144. The van der Waals surface area contributed by atoms with E-state index < -0.39 is 11.2 Å². The molecule has 0 radical (unpaired) electrons. The lowest BCUT2D eigenvalue weighted by Gasteiger charge is -1.99. The summed E-state index contributed by atoms with van der Waals surface area (Å²) in [7, 11) is 0. The summed E-state index contributed by atoms with van der Waals surface area (Å²) in [5.41, 5.74) is 0. The number of alkyl halides is 1. The molecule has 0 bridgehead atoms. The van der Waals surface area contributed by atoms with Crippen molar-refractivity contribution in [2.24, 2.45) is 0 Å². The summed E-state index contributed by atoms with van der Waals surface area (Å²) in [6.07, 6.45) is 0.0143. The first-order valence-electron chi connectivity index (χ1n) is 1.83. The Morgan fingerprint density at radius 1 is 2.00 bits per heavy atom. The van der Waals surface area contributed by atoms with E-state index >= 15 is 0 Å². The van der Waals surface area contributed by atoms with Crippen LogP contribution < -0.4 is 0 Å². The molecule has 46 valence electrons. The minimum absolute atomic E-state index is 0.597. The number of carboxylic acid groups (broad SMARTS) is 1. The molecule has 0 rings (SSSR count). The Bertz CT molecular complexity index is 101. The van der Waals surface area contributed by atoms with Crippen LogP contribution in [0.5, 0.6) is 0 Å². The van der Waals surface area contributed by atoms with Gasteiger partial charge in [-0.1, -0.05) is 6.58 Å². The van der Waals surface area contributed by atoms with Crippen molar-refractivity contribution in [3.05, 3.63) is 12.7 Å². The summed E-state index contributed by atoms with van der Waals surface area (Å²) in [6.45, 7) is 3.28. The van der Waals surface area contributed by atoms with Crippen LogP contribution in [-0.4, -0.2) is 16.3 Å². The van der Waals surface area contributed by atoms with Crippen LogP contribution in [0.1, 0.15) is 0 Å². The highest BCUT2D eigenvalue weighted by atomic mass is 79.9. The van der Waals surface area contributed by atoms with Crippen LogP contribution >= 0.6 is 15.9 Å². The quantitative estimate of drug-likeness (QED) is 0.399. The van der Waals surface area contributed by atoms with Gasteiger partial charge in [0.05, 0.1) is 0 Å². The van der Waals surface area contributed by atoms with Crippen LogP contribution in [-0.2, 0) is 4.74 Å². The van der Waals surface area contributed by atoms with Crippen molar-refractivity contribution in [1.82, 2.24) is 0 Å². The van der Waals surface area contributed by atoms with Gasteiger partial charge in [-0.2, -0.15) is 0 Å². The van der Waals surface area contributed by atoms with E-state index in [0.29, 0.717) is 0 Å². The predicted molar refractivity (Wildman–Crippen MR) is 32.0 cm³/mol. The standard InChI is InChI=1S/C4H5BrO3/c1-2-3(5)8-4(6)7/h2-3H,1H2,(H,6,7). The highest BCUT2D eigenvalue weighted by Crippen LogP contribution is 2.01. The number of hydrogen-bond acceptors (Lipinski definition) is 2. The van der Waals surface area contributed by atoms with E-state index in [9.17, 15) is 4.79 Å². The maximum absolute atomic E-state index is 9.67. The highest BCUT2D eigenvalue weighted by Gasteiger charge is 2.01. The first-order chi connectivity index (χ1) is 3.66. The monoisotopic (exact) mass is 180 g/mol. The van der Waals surface area contributed by atoms with Crippen LogP contribution in [0.4, 0.5) is 4.79 Å². The Labute approximate surface area is 55.1 Å². The summed E-state index contributed by atoms with van der Waals surface area (Å²) in [4.78, 5) is 9.67. The van der Waals surface area contributed by atoms with Gasteiger partial charge in [0.2, 0.25) is 0 Å². The third-order valence-electron chi connectivity index (χ3n) is 0.399. The third-order valence-corrected chi connectivity index (χ3v) is 0.959. The van der Waals surface area contributed by atoms with E-state index in [0.717, 1.165) is 0 Å². The highest BCUT2D eigenvalue weighted by molar-refractivity contribution is 9.09. The molecule has 0 heterocycles. The van der Waals surface area contributed by atoms with Crippen molar-refractivity contribution < 1.29 is 14.6 Å². The molecule has 0 spiro atoms. The Hall–Kier alpha value is -0.510. The summed E-state index contributed by atoms with van der Waals surface area (Å²) in [5.74, 6) is 0.